The summed E-state index contributed by atoms with van der Waals surface area (Å²) < 4.78 is 0. The molecular weight excluding hydrogens is 138 g/mol. The van der Waals surface area contributed by atoms with E-state index in [4.69, 9.17) is 4.84 Å². The van der Waals surface area contributed by atoms with Crippen molar-refractivity contribution in [3.05, 3.63) is 36.3 Å². The minimum atomic E-state index is 0.883. The van der Waals surface area contributed by atoms with Crippen LogP contribution in [0.2, 0.25) is 0 Å². The summed E-state index contributed by atoms with van der Waals surface area (Å²) in [6.45, 7) is 5.58. The topological polar surface area (TPSA) is 21.3 Å². The molecule has 2 nitrogen and oxygen atoms in total. The Morgan fingerprint density at radius 1 is 1.73 bits per heavy atom. The van der Waals surface area contributed by atoms with E-state index in [1.165, 1.54) is 11.8 Å². The van der Waals surface area contributed by atoms with Crippen molar-refractivity contribution >= 4 is 0 Å². The summed E-state index contributed by atoms with van der Waals surface area (Å²) in [4.78, 5) is 5.12. The number of nitrogens with one attached hydrogen (secondary N) is 1. The van der Waals surface area contributed by atoms with Gasteiger partial charge in [0.15, 0.2) is 5.76 Å². The van der Waals surface area contributed by atoms with Gasteiger partial charge in [-0.2, -0.15) is 0 Å². The molecule has 0 spiro atoms. The Labute approximate surface area is 67.2 Å². The van der Waals surface area contributed by atoms with Crippen molar-refractivity contribution in [2.75, 3.05) is 0 Å². The third-order valence-electron chi connectivity index (χ3n) is 1.53. The molecule has 1 aliphatic carbocycles. The Bertz CT molecular complexity index is 204. The summed E-state index contributed by atoms with van der Waals surface area (Å²) >= 11 is 0. The standard InChI is InChI=1S/C9H13NO/c1-3-10-11-9-6-4-5-8(2)7-9/h3,6-7,10H,1,4-5H2,2H3. The van der Waals surface area contributed by atoms with Gasteiger partial charge in [0.2, 0.25) is 0 Å². The van der Waals surface area contributed by atoms with Gasteiger partial charge in [0, 0.05) is 6.20 Å². The van der Waals surface area contributed by atoms with Crippen LogP contribution in [0.4, 0.5) is 0 Å². The van der Waals surface area contributed by atoms with E-state index >= 15 is 0 Å². The summed E-state index contributed by atoms with van der Waals surface area (Å²) in [5.74, 6) is 0.883. The van der Waals surface area contributed by atoms with Gasteiger partial charge in [-0.1, -0.05) is 12.2 Å². The molecule has 0 fully saturated rings. The number of hydrogen-bond donors (Lipinski definition) is 1. The van der Waals surface area contributed by atoms with Crippen LogP contribution in [0.5, 0.6) is 0 Å². The van der Waals surface area contributed by atoms with Gasteiger partial charge in [-0.15, -0.1) is 0 Å². The summed E-state index contributed by atoms with van der Waals surface area (Å²) in [6, 6.07) is 0. The van der Waals surface area contributed by atoms with Crippen LogP contribution < -0.4 is 5.48 Å². The molecule has 0 aromatic rings. The lowest BCUT2D eigenvalue weighted by Crippen LogP contribution is -2.05. The van der Waals surface area contributed by atoms with Crippen molar-refractivity contribution in [3.8, 4) is 0 Å². The first kappa shape index (κ1) is 7.92. The van der Waals surface area contributed by atoms with Crippen LogP contribution in [-0.2, 0) is 4.84 Å². The van der Waals surface area contributed by atoms with Gasteiger partial charge < -0.3 is 4.84 Å². The van der Waals surface area contributed by atoms with Gasteiger partial charge in [0.1, 0.15) is 0 Å². The van der Waals surface area contributed by atoms with Gasteiger partial charge in [-0.25, -0.2) is 5.48 Å². The molecule has 0 saturated carbocycles. The van der Waals surface area contributed by atoms with Crippen LogP contribution in [-0.4, -0.2) is 0 Å². The number of hydrogen-bond acceptors (Lipinski definition) is 2. The Balaban J connectivity index is 2.45. The Morgan fingerprint density at radius 2 is 2.55 bits per heavy atom. The fraction of sp³-hybridized carbons (Fsp3) is 0.333. The van der Waals surface area contributed by atoms with E-state index in [0.29, 0.717) is 0 Å². The predicted octanol–water partition coefficient (Wildman–Crippen LogP) is 2.28. The van der Waals surface area contributed by atoms with Gasteiger partial charge in [0.25, 0.3) is 0 Å². The lowest BCUT2D eigenvalue weighted by Gasteiger charge is -2.10. The molecule has 60 valence electrons. The lowest BCUT2D eigenvalue weighted by molar-refractivity contribution is 0.151. The zero-order chi connectivity index (χ0) is 8.10. The summed E-state index contributed by atoms with van der Waals surface area (Å²) in [5, 5.41) is 0. The SMILES string of the molecule is C=CNOC1=CCCC(C)=C1. The zero-order valence-corrected chi connectivity index (χ0v) is 6.76. The van der Waals surface area contributed by atoms with E-state index in [9.17, 15) is 0 Å². The fourth-order valence-corrected chi connectivity index (χ4v) is 0.997. The number of hydroxylamine groups is 1. The summed E-state index contributed by atoms with van der Waals surface area (Å²) in [7, 11) is 0. The molecule has 0 heterocycles. The maximum Gasteiger partial charge on any atom is 0.150 e. The second-order valence-electron chi connectivity index (χ2n) is 2.56. The van der Waals surface area contributed by atoms with Crippen molar-refractivity contribution in [1.29, 1.82) is 0 Å². The van der Waals surface area contributed by atoms with E-state index in [2.05, 4.69) is 25.1 Å². The maximum absolute atomic E-state index is 5.12. The van der Waals surface area contributed by atoms with Crippen LogP contribution >= 0.6 is 0 Å². The molecule has 1 aliphatic rings. The van der Waals surface area contributed by atoms with Crippen LogP contribution in [0.25, 0.3) is 0 Å². The molecule has 0 aliphatic heterocycles. The van der Waals surface area contributed by atoms with E-state index in [0.717, 1.165) is 18.6 Å². The minimum absolute atomic E-state index is 0.883. The molecule has 0 atom stereocenters. The Morgan fingerprint density at radius 3 is 3.18 bits per heavy atom. The van der Waals surface area contributed by atoms with Gasteiger partial charge >= 0.3 is 0 Å². The first-order valence-electron chi connectivity index (χ1n) is 3.73. The third kappa shape index (κ3) is 2.50. The minimum Gasteiger partial charge on any atom is -0.383 e. The highest BCUT2D eigenvalue weighted by atomic mass is 16.6. The molecule has 1 rings (SSSR count). The van der Waals surface area contributed by atoms with Gasteiger partial charge in [-0.3, -0.25) is 0 Å². The zero-order valence-electron chi connectivity index (χ0n) is 6.76. The van der Waals surface area contributed by atoms with Crippen LogP contribution in [0.15, 0.2) is 36.3 Å². The van der Waals surface area contributed by atoms with E-state index < -0.39 is 0 Å². The molecule has 0 unspecified atom stereocenters. The number of rotatable bonds is 3. The molecule has 0 amide bonds. The molecular formula is C9H13NO. The smallest absolute Gasteiger partial charge is 0.150 e. The molecule has 0 bridgehead atoms. The molecule has 1 N–H and O–H groups in total. The van der Waals surface area contributed by atoms with Crippen molar-refractivity contribution < 1.29 is 4.84 Å². The average Bonchev–Trinajstić information content (AvgIpc) is 2.01. The van der Waals surface area contributed by atoms with E-state index in [1.54, 1.807) is 0 Å². The molecule has 0 radical (unpaired) electrons. The molecule has 0 aromatic heterocycles. The summed E-state index contributed by atoms with van der Waals surface area (Å²) in [5.41, 5.74) is 3.94. The average molecular weight is 151 g/mol. The lowest BCUT2D eigenvalue weighted by atomic mass is 10.1. The first-order valence-corrected chi connectivity index (χ1v) is 3.73. The fourth-order valence-electron chi connectivity index (χ4n) is 0.997. The van der Waals surface area contributed by atoms with Crippen LogP contribution in [0, 0.1) is 0 Å². The van der Waals surface area contributed by atoms with E-state index in [-0.39, 0.29) is 0 Å². The highest BCUT2D eigenvalue weighted by Crippen LogP contribution is 2.16. The molecule has 0 saturated heterocycles. The monoisotopic (exact) mass is 151 g/mol. The summed E-state index contributed by atoms with van der Waals surface area (Å²) in [6.07, 6.45) is 7.81. The Kier molecular flexibility index (Phi) is 2.78. The molecule has 2 heteroatoms. The first-order chi connectivity index (χ1) is 5.33. The predicted molar refractivity (Wildman–Crippen MR) is 45.5 cm³/mol. The van der Waals surface area contributed by atoms with Crippen LogP contribution in [0.1, 0.15) is 19.8 Å². The maximum atomic E-state index is 5.12. The van der Waals surface area contributed by atoms with Gasteiger partial charge in [0.05, 0.1) is 0 Å². The van der Waals surface area contributed by atoms with Crippen molar-refractivity contribution in [3.63, 3.8) is 0 Å². The largest absolute Gasteiger partial charge is 0.383 e. The second-order valence-corrected chi connectivity index (χ2v) is 2.56. The van der Waals surface area contributed by atoms with Crippen LogP contribution in [0.3, 0.4) is 0 Å². The van der Waals surface area contributed by atoms with Crippen molar-refractivity contribution in [2.24, 2.45) is 0 Å². The normalized spacial score (nSPS) is 16.5. The quantitative estimate of drug-likeness (QED) is 0.625. The highest BCUT2D eigenvalue weighted by molar-refractivity contribution is 5.21. The Hall–Kier alpha value is -1.18. The van der Waals surface area contributed by atoms with Gasteiger partial charge in [-0.05, 0) is 31.9 Å². The second kappa shape index (κ2) is 3.86. The molecule has 11 heavy (non-hydrogen) atoms. The number of allylic oxidation sites excluding steroid dienone is 3. The van der Waals surface area contributed by atoms with Crippen molar-refractivity contribution in [2.45, 2.75) is 19.8 Å². The van der Waals surface area contributed by atoms with Crippen molar-refractivity contribution in [1.82, 2.24) is 5.48 Å². The highest BCUT2D eigenvalue weighted by Gasteiger charge is 2.01. The molecule has 0 aromatic carbocycles. The van der Waals surface area contributed by atoms with E-state index in [1.807, 2.05) is 6.08 Å². The third-order valence-corrected chi connectivity index (χ3v) is 1.53.